The van der Waals surface area contributed by atoms with Gasteiger partial charge in [-0.15, -0.1) is 0 Å². The molecule has 186 valence electrons. The number of ketones is 1. The summed E-state index contributed by atoms with van der Waals surface area (Å²) in [6, 6.07) is 22.5. The molecule has 3 aromatic rings. The highest BCUT2D eigenvalue weighted by molar-refractivity contribution is 6.01. The minimum atomic E-state index is -0.258. The minimum absolute atomic E-state index is 0.0299. The predicted octanol–water partition coefficient (Wildman–Crippen LogP) is 6.55. The molecule has 37 heavy (non-hydrogen) atoms. The van der Waals surface area contributed by atoms with Gasteiger partial charge in [0.1, 0.15) is 6.61 Å². The molecule has 2 fully saturated rings. The maximum absolute atomic E-state index is 13.6. The summed E-state index contributed by atoms with van der Waals surface area (Å²) >= 11 is 0. The van der Waals surface area contributed by atoms with Crippen molar-refractivity contribution in [2.45, 2.75) is 57.5 Å². The van der Waals surface area contributed by atoms with Crippen LogP contribution in [-0.2, 0) is 4.74 Å². The number of aryl methyl sites for hydroxylation is 2. The molecule has 0 radical (unpaired) electrons. The summed E-state index contributed by atoms with van der Waals surface area (Å²) in [7, 11) is 0. The van der Waals surface area contributed by atoms with Gasteiger partial charge in [0.2, 0.25) is 0 Å². The second-order valence-electron chi connectivity index (χ2n) is 10.7. The van der Waals surface area contributed by atoms with E-state index in [1.54, 1.807) is 12.1 Å². The summed E-state index contributed by atoms with van der Waals surface area (Å²) in [5.74, 6) is 0.0690. The average molecular weight is 491 g/mol. The van der Waals surface area contributed by atoms with Gasteiger partial charge in [0.25, 0.3) is 0 Å². The van der Waals surface area contributed by atoms with E-state index in [1.165, 1.54) is 22.3 Å². The zero-order valence-electron chi connectivity index (χ0n) is 21.2. The molecule has 6 rings (SSSR count). The number of hydrogen-bond acceptors (Lipinski definition) is 4. The van der Waals surface area contributed by atoms with Crippen molar-refractivity contribution < 1.29 is 14.3 Å². The molecule has 3 aliphatic rings. The molecule has 2 saturated heterocycles. The molecule has 2 bridgehead atoms. The second-order valence-corrected chi connectivity index (χ2v) is 10.7. The number of carbonyl (C=O) groups is 2. The number of carbonyl (C=O) groups excluding carboxylic acids is 2. The maximum Gasteiger partial charge on any atom is 0.410 e. The Bertz CT molecular complexity index is 1370. The number of piperidine rings is 1. The van der Waals surface area contributed by atoms with Gasteiger partial charge in [0, 0.05) is 29.5 Å². The first-order valence-corrected chi connectivity index (χ1v) is 13.1. The van der Waals surface area contributed by atoms with Crippen molar-refractivity contribution in [2.24, 2.45) is 5.92 Å². The second kappa shape index (κ2) is 9.19. The fourth-order valence-corrected chi connectivity index (χ4v) is 6.98. The molecule has 3 aromatic carbocycles. The van der Waals surface area contributed by atoms with E-state index in [2.05, 4.69) is 30.3 Å². The molecule has 0 saturated carbocycles. The van der Waals surface area contributed by atoms with Crippen LogP contribution >= 0.6 is 0 Å². The van der Waals surface area contributed by atoms with Gasteiger partial charge in [-0.2, -0.15) is 5.26 Å². The molecule has 1 amide bonds. The average Bonchev–Trinajstić information content (AvgIpc) is 3.37. The first kappa shape index (κ1) is 23.5. The normalized spacial score (nSPS) is 21.8. The van der Waals surface area contributed by atoms with Gasteiger partial charge in [-0.25, -0.2) is 4.79 Å². The fourth-order valence-electron chi connectivity index (χ4n) is 6.98. The largest absolute Gasteiger partial charge is 0.448 e. The van der Waals surface area contributed by atoms with Crippen LogP contribution in [0.15, 0.2) is 60.7 Å². The standard InChI is InChI=1S/C32H30N2O3/c1-19-13-21(17-33)14-20(2)30(19)31(35)22-15-23-11-12-24(16-22)34(23)32(36)37-18-29-27-9-5-3-7-25(27)26-8-4-6-10-28(26)29/h3-10,13-14,22-24,29H,11-12,15-16,18H2,1-2H3. The van der Waals surface area contributed by atoms with Crippen LogP contribution < -0.4 is 0 Å². The Morgan fingerprint density at radius 3 is 2.00 bits per heavy atom. The molecule has 5 nitrogen and oxygen atoms in total. The number of rotatable bonds is 4. The summed E-state index contributed by atoms with van der Waals surface area (Å²) in [6.45, 7) is 4.12. The molecule has 5 heteroatoms. The van der Waals surface area contributed by atoms with Gasteiger partial charge in [-0.3, -0.25) is 4.79 Å². The molecule has 2 heterocycles. The van der Waals surface area contributed by atoms with Crippen molar-refractivity contribution in [1.29, 1.82) is 5.26 Å². The van der Waals surface area contributed by atoms with E-state index in [-0.39, 0.29) is 35.8 Å². The molecule has 2 atom stereocenters. The van der Waals surface area contributed by atoms with E-state index in [1.807, 2.05) is 43.0 Å². The Kier molecular flexibility index (Phi) is 5.83. The van der Waals surface area contributed by atoms with Gasteiger partial charge in [0.05, 0.1) is 11.6 Å². The molecular weight excluding hydrogens is 460 g/mol. The molecule has 0 spiro atoms. The van der Waals surface area contributed by atoms with Crippen LogP contribution in [0.4, 0.5) is 4.79 Å². The van der Waals surface area contributed by atoms with Gasteiger partial charge >= 0.3 is 6.09 Å². The monoisotopic (exact) mass is 490 g/mol. The fraction of sp³-hybridized carbons (Fsp3) is 0.344. The molecule has 1 aliphatic carbocycles. The Balaban J connectivity index is 1.16. The maximum atomic E-state index is 13.6. The highest BCUT2D eigenvalue weighted by atomic mass is 16.6. The predicted molar refractivity (Wildman–Crippen MR) is 141 cm³/mol. The van der Waals surface area contributed by atoms with E-state index in [0.717, 1.165) is 29.5 Å². The highest BCUT2D eigenvalue weighted by Crippen LogP contribution is 2.45. The van der Waals surface area contributed by atoms with Gasteiger partial charge in [-0.1, -0.05) is 48.5 Å². The summed E-state index contributed by atoms with van der Waals surface area (Å²) in [5.41, 5.74) is 7.86. The summed E-state index contributed by atoms with van der Waals surface area (Å²) in [6.07, 6.45) is 2.89. The lowest BCUT2D eigenvalue weighted by atomic mass is 9.82. The first-order chi connectivity index (χ1) is 18.0. The van der Waals surface area contributed by atoms with Crippen molar-refractivity contribution in [3.8, 4) is 17.2 Å². The van der Waals surface area contributed by atoms with Crippen molar-refractivity contribution in [1.82, 2.24) is 4.90 Å². The Morgan fingerprint density at radius 2 is 1.46 bits per heavy atom. The van der Waals surface area contributed by atoms with E-state index in [4.69, 9.17) is 4.74 Å². The van der Waals surface area contributed by atoms with Crippen LogP contribution in [-0.4, -0.2) is 35.5 Å². The number of benzene rings is 3. The minimum Gasteiger partial charge on any atom is -0.448 e. The Morgan fingerprint density at radius 1 is 0.919 bits per heavy atom. The topological polar surface area (TPSA) is 70.4 Å². The van der Waals surface area contributed by atoms with Crippen LogP contribution in [0.1, 0.15) is 69.8 Å². The van der Waals surface area contributed by atoms with Crippen LogP contribution in [0.5, 0.6) is 0 Å². The summed E-state index contributed by atoms with van der Waals surface area (Å²) in [5, 5.41) is 9.25. The summed E-state index contributed by atoms with van der Waals surface area (Å²) in [4.78, 5) is 28.8. The first-order valence-electron chi connectivity index (χ1n) is 13.1. The lowest BCUT2D eigenvalue weighted by molar-refractivity contribution is 0.0505. The SMILES string of the molecule is Cc1cc(C#N)cc(C)c1C(=O)C1CC2CCC(C1)N2C(=O)OCC1c2ccccc2-c2ccccc21. The lowest BCUT2D eigenvalue weighted by Gasteiger charge is -2.38. The molecule has 2 aliphatic heterocycles. The van der Waals surface area contributed by atoms with Crippen LogP contribution in [0, 0.1) is 31.1 Å². The molecule has 0 aromatic heterocycles. The van der Waals surface area contributed by atoms with E-state index < -0.39 is 0 Å². The van der Waals surface area contributed by atoms with Crippen LogP contribution in [0.3, 0.4) is 0 Å². The van der Waals surface area contributed by atoms with E-state index >= 15 is 0 Å². The van der Waals surface area contributed by atoms with Crippen molar-refractivity contribution in [3.63, 3.8) is 0 Å². The van der Waals surface area contributed by atoms with Crippen LogP contribution in [0.2, 0.25) is 0 Å². The van der Waals surface area contributed by atoms with E-state index in [9.17, 15) is 14.9 Å². The highest BCUT2D eigenvalue weighted by Gasteiger charge is 2.46. The van der Waals surface area contributed by atoms with Crippen molar-refractivity contribution in [3.05, 3.63) is 94.0 Å². The summed E-state index contributed by atoms with van der Waals surface area (Å²) < 4.78 is 5.98. The third-order valence-corrected chi connectivity index (χ3v) is 8.56. The number of Topliss-reactive ketones (excluding diaryl/α,β-unsaturated/α-hetero) is 1. The number of ether oxygens (including phenoxy) is 1. The third-order valence-electron chi connectivity index (χ3n) is 8.56. The third kappa shape index (κ3) is 3.92. The van der Waals surface area contributed by atoms with Gasteiger partial charge in [0.15, 0.2) is 5.78 Å². The molecule has 2 unspecified atom stereocenters. The number of hydrogen-bond donors (Lipinski definition) is 0. The zero-order chi connectivity index (χ0) is 25.7. The Hall–Kier alpha value is -3.91. The van der Waals surface area contributed by atoms with Crippen molar-refractivity contribution in [2.75, 3.05) is 6.61 Å². The number of nitrogens with zero attached hydrogens (tertiary/aromatic N) is 2. The smallest absolute Gasteiger partial charge is 0.410 e. The van der Waals surface area contributed by atoms with Gasteiger partial charge < -0.3 is 9.64 Å². The number of fused-ring (bicyclic) bond motifs is 5. The number of amides is 1. The quantitative estimate of drug-likeness (QED) is 0.389. The van der Waals surface area contributed by atoms with E-state index in [0.29, 0.717) is 25.0 Å². The zero-order valence-corrected chi connectivity index (χ0v) is 21.2. The lowest BCUT2D eigenvalue weighted by Crippen LogP contribution is -2.48. The Labute approximate surface area is 217 Å². The molecule has 0 N–H and O–H groups in total. The number of nitriles is 1. The van der Waals surface area contributed by atoms with Crippen LogP contribution in [0.25, 0.3) is 11.1 Å². The molecular formula is C32H30N2O3. The van der Waals surface area contributed by atoms with Gasteiger partial charge in [-0.05, 0) is 85.0 Å². The van der Waals surface area contributed by atoms with Crippen molar-refractivity contribution >= 4 is 11.9 Å².